The third kappa shape index (κ3) is 4.70. The second-order valence-corrected chi connectivity index (χ2v) is 8.79. The third-order valence-electron chi connectivity index (χ3n) is 6.40. The fraction of sp³-hybridized carbons (Fsp3) is 0.0968. The molecule has 4 aromatic rings. The van der Waals surface area contributed by atoms with Crippen molar-refractivity contribution in [2.45, 2.75) is 12.7 Å². The van der Waals surface area contributed by atoms with Gasteiger partial charge < -0.3 is 9.64 Å². The first-order valence-electron chi connectivity index (χ1n) is 11.8. The van der Waals surface area contributed by atoms with Crippen molar-refractivity contribution in [2.75, 3.05) is 12.0 Å². The smallest absolute Gasteiger partial charge is 0.416 e. The Morgan fingerprint density at radius 2 is 1.45 bits per heavy atom. The molecule has 5 rings (SSSR count). The molecule has 0 saturated carbocycles. The monoisotopic (exact) mass is 513 g/mol. The fourth-order valence-corrected chi connectivity index (χ4v) is 4.69. The van der Waals surface area contributed by atoms with Gasteiger partial charge in [0.05, 0.1) is 36.0 Å². The molecule has 0 unspecified atom stereocenters. The molecule has 0 atom stereocenters. The van der Waals surface area contributed by atoms with E-state index >= 15 is 0 Å². The van der Waals surface area contributed by atoms with Crippen LogP contribution in [0.3, 0.4) is 0 Å². The summed E-state index contributed by atoms with van der Waals surface area (Å²) < 4.78 is 45.7. The quantitative estimate of drug-likeness (QED) is 0.213. The van der Waals surface area contributed by atoms with E-state index in [9.17, 15) is 22.8 Å². The maximum Gasteiger partial charge on any atom is 0.416 e. The van der Waals surface area contributed by atoms with Crippen molar-refractivity contribution in [3.63, 3.8) is 0 Å². The molecule has 1 amide bonds. The molecule has 1 aliphatic heterocycles. The molecule has 4 nitrogen and oxygen atoms in total. The first kappa shape index (κ1) is 25.0. The maximum atomic E-state index is 14.1. The number of carbonyl (C=O) groups is 2. The van der Waals surface area contributed by atoms with Crippen LogP contribution in [0.5, 0.6) is 0 Å². The van der Waals surface area contributed by atoms with Crippen molar-refractivity contribution >= 4 is 28.7 Å². The van der Waals surface area contributed by atoms with Crippen molar-refractivity contribution in [1.29, 1.82) is 0 Å². The van der Waals surface area contributed by atoms with E-state index in [4.69, 9.17) is 4.74 Å². The van der Waals surface area contributed by atoms with Crippen molar-refractivity contribution in [3.05, 3.63) is 137 Å². The number of nitrogens with zero attached hydrogens (tertiary/aromatic N) is 1. The van der Waals surface area contributed by atoms with E-state index in [1.54, 1.807) is 83.8 Å². The zero-order valence-electron chi connectivity index (χ0n) is 20.3. The first-order chi connectivity index (χ1) is 18.3. The highest BCUT2D eigenvalue weighted by molar-refractivity contribution is 6.38. The predicted octanol–water partition coefficient (Wildman–Crippen LogP) is 7.00. The van der Waals surface area contributed by atoms with Crippen LogP contribution < -0.4 is 4.90 Å². The molecule has 0 spiro atoms. The van der Waals surface area contributed by atoms with Gasteiger partial charge in [-0.05, 0) is 47.0 Å². The number of esters is 1. The molecule has 0 saturated heterocycles. The van der Waals surface area contributed by atoms with Crippen LogP contribution in [0.15, 0.2) is 103 Å². The van der Waals surface area contributed by atoms with Crippen LogP contribution in [0.2, 0.25) is 0 Å². The molecule has 1 heterocycles. The van der Waals surface area contributed by atoms with E-state index in [1.165, 1.54) is 13.2 Å². The number of benzene rings is 4. The summed E-state index contributed by atoms with van der Waals surface area (Å²) in [7, 11) is 1.30. The summed E-state index contributed by atoms with van der Waals surface area (Å²) >= 11 is 0. The summed E-state index contributed by atoms with van der Waals surface area (Å²) in [6.45, 7) is 0.162. The predicted molar refractivity (Wildman–Crippen MR) is 139 cm³/mol. The van der Waals surface area contributed by atoms with Crippen molar-refractivity contribution < 1.29 is 27.5 Å². The van der Waals surface area contributed by atoms with E-state index in [2.05, 4.69) is 0 Å². The van der Waals surface area contributed by atoms with Gasteiger partial charge >= 0.3 is 12.1 Å². The Kier molecular flexibility index (Phi) is 6.59. The minimum Gasteiger partial charge on any atom is -0.465 e. The number of para-hydroxylation sites is 1. The number of anilines is 1. The zero-order chi connectivity index (χ0) is 26.9. The molecule has 0 N–H and O–H groups in total. The summed E-state index contributed by atoms with van der Waals surface area (Å²) in [5, 5.41) is 0. The standard InChI is InChI=1S/C31H22F3NO3/c1-38-30(37)23-13-7-9-20(17-23)19-35-26-16-6-5-15-25(26)28(29(35)36)27(21-10-3-2-4-11-21)22-12-8-14-24(18-22)31(32,33)34/h2-18H,19H2,1H3. The summed E-state index contributed by atoms with van der Waals surface area (Å²) in [5.74, 6) is -0.831. The van der Waals surface area contributed by atoms with E-state index < -0.39 is 17.7 Å². The molecular formula is C31H22F3NO3. The lowest BCUT2D eigenvalue weighted by Crippen LogP contribution is -2.26. The summed E-state index contributed by atoms with van der Waals surface area (Å²) in [6.07, 6.45) is -4.53. The number of amides is 1. The average molecular weight is 514 g/mol. The van der Waals surface area contributed by atoms with Crippen LogP contribution in [-0.4, -0.2) is 19.0 Å². The maximum absolute atomic E-state index is 14.1. The third-order valence-corrected chi connectivity index (χ3v) is 6.40. The molecular weight excluding hydrogens is 491 g/mol. The van der Waals surface area contributed by atoms with Gasteiger partial charge in [-0.25, -0.2) is 4.79 Å². The highest BCUT2D eigenvalue weighted by atomic mass is 19.4. The van der Waals surface area contributed by atoms with Gasteiger partial charge in [0.25, 0.3) is 5.91 Å². The van der Waals surface area contributed by atoms with Crippen LogP contribution in [-0.2, 0) is 22.3 Å². The van der Waals surface area contributed by atoms with Crippen molar-refractivity contribution in [1.82, 2.24) is 0 Å². The second kappa shape index (κ2) is 10.0. The van der Waals surface area contributed by atoms with Gasteiger partial charge in [0, 0.05) is 11.1 Å². The van der Waals surface area contributed by atoms with Crippen LogP contribution in [0.1, 0.15) is 38.2 Å². The molecule has 4 aromatic carbocycles. The molecule has 38 heavy (non-hydrogen) atoms. The molecule has 1 aliphatic rings. The van der Waals surface area contributed by atoms with E-state index in [-0.39, 0.29) is 12.5 Å². The van der Waals surface area contributed by atoms with Crippen LogP contribution in [0.25, 0.3) is 11.1 Å². The van der Waals surface area contributed by atoms with E-state index in [1.807, 2.05) is 6.07 Å². The van der Waals surface area contributed by atoms with Gasteiger partial charge in [-0.15, -0.1) is 0 Å². The van der Waals surface area contributed by atoms with Crippen LogP contribution in [0.4, 0.5) is 18.9 Å². The van der Waals surface area contributed by atoms with Crippen LogP contribution in [0, 0.1) is 0 Å². The van der Waals surface area contributed by atoms with Gasteiger partial charge in [-0.1, -0.05) is 72.8 Å². The number of carbonyl (C=O) groups excluding carboxylic acids is 2. The highest BCUT2D eigenvalue weighted by Gasteiger charge is 2.36. The lowest BCUT2D eigenvalue weighted by Gasteiger charge is -2.18. The number of alkyl halides is 3. The Morgan fingerprint density at radius 3 is 2.18 bits per heavy atom. The number of halogens is 3. The SMILES string of the molecule is COC(=O)c1cccc(CN2C(=O)C(=C(c3ccccc3)c3cccc(C(F)(F)F)c3)c3ccccc32)c1. The number of rotatable bonds is 5. The molecule has 0 bridgehead atoms. The highest BCUT2D eigenvalue weighted by Crippen LogP contribution is 2.44. The van der Waals surface area contributed by atoms with Crippen LogP contribution >= 0.6 is 0 Å². The molecule has 0 aromatic heterocycles. The number of ether oxygens (including phenoxy) is 1. The Labute approximate surface area is 217 Å². The van der Waals surface area contributed by atoms with Crippen molar-refractivity contribution in [3.8, 4) is 0 Å². The minimum atomic E-state index is -4.53. The van der Waals surface area contributed by atoms with Crippen molar-refractivity contribution in [2.24, 2.45) is 0 Å². The average Bonchev–Trinajstić information content (AvgIpc) is 3.20. The summed E-state index contributed by atoms with van der Waals surface area (Å²) in [5.41, 5.74) is 3.18. The van der Waals surface area contributed by atoms with E-state index in [0.717, 1.165) is 12.1 Å². The molecule has 0 aliphatic carbocycles. The largest absolute Gasteiger partial charge is 0.465 e. The normalized spacial score (nSPS) is 14.3. The zero-order valence-corrected chi connectivity index (χ0v) is 20.3. The number of fused-ring (bicyclic) bond motifs is 1. The fourth-order valence-electron chi connectivity index (χ4n) is 4.69. The van der Waals surface area contributed by atoms with E-state index in [0.29, 0.717) is 44.7 Å². The minimum absolute atomic E-state index is 0.162. The molecule has 7 heteroatoms. The van der Waals surface area contributed by atoms with Gasteiger partial charge in [-0.2, -0.15) is 13.2 Å². The Balaban J connectivity index is 1.69. The topological polar surface area (TPSA) is 46.6 Å². The Morgan fingerprint density at radius 1 is 0.789 bits per heavy atom. The van der Waals surface area contributed by atoms with Gasteiger partial charge in [0.2, 0.25) is 0 Å². The lowest BCUT2D eigenvalue weighted by atomic mass is 9.89. The first-order valence-corrected chi connectivity index (χ1v) is 11.8. The Hall–Kier alpha value is -4.65. The molecule has 0 fully saturated rings. The Bertz CT molecular complexity index is 1560. The summed E-state index contributed by atoms with van der Waals surface area (Å²) in [4.78, 5) is 27.7. The molecule has 0 radical (unpaired) electrons. The van der Waals surface area contributed by atoms with Gasteiger partial charge in [-0.3, -0.25) is 4.79 Å². The molecule has 190 valence electrons. The lowest BCUT2D eigenvalue weighted by molar-refractivity contribution is -0.137. The summed E-state index contributed by atoms with van der Waals surface area (Å²) in [6, 6.07) is 28.0. The second-order valence-electron chi connectivity index (χ2n) is 8.79. The number of methoxy groups -OCH3 is 1. The van der Waals surface area contributed by atoms with Gasteiger partial charge in [0.1, 0.15) is 0 Å². The number of hydrogen-bond donors (Lipinski definition) is 0. The number of hydrogen-bond acceptors (Lipinski definition) is 3. The van der Waals surface area contributed by atoms with Gasteiger partial charge in [0.15, 0.2) is 0 Å².